The summed E-state index contributed by atoms with van der Waals surface area (Å²) in [5.74, 6) is 0.161. The molecule has 0 radical (unpaired) electrons. The monoisotopic (exact) mass is 287 g/mol. The van der Waals surface area contributed by atoms with Crippen molar-refractivity contribution in [2.24, 2.45) is 5.92 Å². The van der Waals surface area contributed by atoms with Gasteiger partial charge in [0.25, 0.3) is 5.91 Å². The van der Waals surface area contributed by atoms with Crippen LogP contribution in [0.15, 0.2) is 6.33 Å². The van der Waals surface area contributed by atoms with Crippen molar-refractivity contribution in [3.8, 4) is 0 Å². The van der Waals surface area contributed by atoms with Gasteiger partial charge in [-0.2, -0.15) is 5.10 Å². The maximum Gasteiger partial charge on any atom is 0.291 e. The van der Waals surface area contributed by atoms with Gasteiger partial charge in [0.05, 0.1) is 6.26 Å². The number of aromatic amines is 1. The highest BCUT2D eigenvalue weighted by molar-refractivity contribution is 7.88. The number of carbonyl (C=O) groups is 1. The summed E-state index contributed by atoms with van der Waals surface area (Å²) in [5, 5.41) is 6.19. The second-order valence-corrected chi connectivity index (χ2v) is 6.55. The number of sulfonamides is 1. The van der Waals surface area contributed by atoms with E-state index in [4.69, 9.17) is 0 Å². The molecular weight excluding hydrogens is 270 g/mol. The Kier molecular flexibility index (Phi) is 4.15. The van der Waals surface area contributed by atoms with Crippen LogP contribution in [-0.2, 0) is 10.0 Å². The van der Waals surface area contributed by atoms with Crippen molar-refractivity contribution < 1.29 is 13.2 Å². The Hall–Kier alpha value is -1.48. The highest BCUT2D eigenvalue weighted by Crippen LogP contribution is 2.17. The number of hydrogen-bond acceptors (Lipinski definition) is 5. The molecule has 1 fully saturated rings. The van der Waals surface area contributed by atoms with E-state index in [1.165, 1.54) is 6.33 Å². The smallest absolute Gasteiger partial charge is 0.291 e. The molecule has 1 unspecified atom stereocenters. The number of carbonyl (C=O) groups excluding carboxylic acids is 1. The van der Waals surface area contributed by atoms with Crippen LogP contribution < -0.4 is 4.72 Å². The maximum atomic E-state index is 12.1. The van der Waals surface area contributed by atoms with Crippen molar-refractivity contribution in [2.75, 3.05) is 25.9 Å². The van der Waals surface area contributed by atoms with E-state index in [1.54, 1.807) is 4.90 Å². The van der Waals surface area contributed by atoms with Crippen LogP contribution >= 0.6 is 0 Å². The number of hydrogen-bond donors (Lipinski definition) is 2. The molecule has 0 aromatic carbocycles. The van der Waals surface area contributed by atoms with Gasteiger partial charge < -0.3 is 4.90 Å². The van der Waals surface area contributed by atoms with Gasteiger partial charge in [0.1, 0.15) is 6.33 Å². The van der Waals surface area contributed by atoms with Gasteiger partial charge >= 0.3 is 0 Å². The van der Waals surface area contributed by atoms with Crippen LogP contribution in [0.3, 0.4) is 0 Å². The average molecular weight is 287 g/mol. The molecule has 0 bridgehead atoms. The number of H-pyrrole nitrogens is 1. The van der Waals surface area contributed by atoms with E-state index in [2.05, 4.69) is 19.9 Å². The Bertz CT molecular complexity index is 527. The zero-order chi connectivity index (χ0) is 13.9. The molecule has 1 amide bonds. The van der Waals surface area contributed by atoms with Crippen LogP contribution in [0.25, 0.3) is 0 Å². The summed E-state index contributed by atoms with van der Waals surface area (Å²) < 4.78 is 24.6. The molecule has 9 heteroatoms. The molecule has 1 aromatic rings. The average Bonchev–Trinajstić information content (AvgIpc) is 2.89. The quantitative estimate of drug-likeness (QED) is 0.754. The van der Waals surface area contributed by atoms with E-state index in [9.17, 15) is 13.2 Å². The standard InChI is InChI=1S/C10H17N5O3S/c1-19(17,18)13-5-8-3-2-4-15(6-8)10(16)9-11-7-12-14-9/h7-8,13H,2-6H2,1H3,(H,11,12,14). The van der Waals surface area contributed by atoms with Gasteiger partial charge in [-0.3, -0.25) is 9.89 Å². The topological polar surface area (TPSA) is 108 Å². The van der Waals surface area contributed by atoms with Crippen molar-refractivity contribution in [1.82, 2.24) is 24.8 Å². The Morgan fingerprint density at radius 2 is 2.42 bits per heavy atom. The largest absolute Gasteiger partial charge is 0.336 e. The van der Waals surface area contributed by atoms with E-state index in [-0.39, 0.29) is 17.6 Å². The van der Waals surface area contributed by atoms with Gasteiger partial charge in [-0.1, -0.05) is 0 Å². The molecule has 2 N–H and O–H groups in total. The van der Waals surface area contributed by atoms with Crippen LogP contribution in [0.4, 0.5) is 0 Å². The predicted octanol–water partition coefficient (Wildman–Crippen LogP) is -0.794. The summed E-state index contributed by atoms with van der Waals surface area (Å²) in [4.78, 5) is 17.6. The summed E-state index contributed by atoms with van der Waals surface area (Å²) in [6, 6.07) is 0. The second kappa shape index (κ2) is 5.66. The van der Waals surface area contributed by atoms with E-state index >= 15 is 0 Å². The fraction of sp³-hybridized carbons (Fsp3) is 0.700. The van der Waals surface area contributed by atoms with E-state index in [0.717, 1.165) is 19.1 Å². The number of nitrogens with one attached hydrogen (secondary N) is 2. The number of likely N-dealkylation sites (tertiary alicyclic amines) is 1. The van der Waals surface area contributed by atoms with Gasteiger partial charge in [-0.05, 0) is 18.8 Å². The SMILES string of the molecule is CS(=O)(=O)NCC1CCCN(C(=O)c2ncn[nH]2)C1. The van der Waals surface area contributed by atoms with Crippen molar-refractivity contribution in [2.45, 2.75) is 12.8 Å². The molecule has 1 aliphatic rings. The molecule has 0 aliphatic carbocycles. The lowest BCUT2D eigenvalue weighted by Gasteiger charge is -2.32. The Morgan fingerprint density at radius 1 is 1.63 bits per heavy atom. The van der Waals surface area contributed by atoms with Gasteiger partial charge in [-0.15, -0.1) is 0 Å². The summed E-state index contributed by atoms with van der Waals surface area (Å²) in [6.45, 7) is 1.55. The first-order chi connectivity index (χ1) is 8.96. The fourth-order valence-electron chi connectivity index (χ4n) is 2.14. The fourth-order valence-corrected chi connectivity index (χ4v) is 2.68. The number of amides is 1. The molecule has 2 rings (SSSR count). The number of nitrogens with zero attached hydrogens (tertiary/aromatic N) is 3. The van der Waals surface area contributed by atoms with E-state index in [1.807, 2.05) is 0 Å². The normalized spacial score (nSPS) is 20.5. The van der Waals surface area contributed by atoms with Gasteiger partial charge in [-0.25, -0.2) is 18.1 Å². The predicted molar refractivity (Wildman–Crippen MR) is 67.9 cm³/mol. The van der Waals surface area contributed by atoms with Crippen LogP contribution in [-0.4, -0.2) is 60.3 Å². The zero-order valence-electron chi connectivity index (χ0n) is 10.7. The number of rotatable bonds is 4. The third kappa shape index (κ3) is 4.00. The first kappa shape index (κ1) is 13.9. The minimum absolute atomic E-state index is 0.135. The summed E-state index contributed by atoms with van der Waals surface area (Å²) in [6.07, 6.45) is 4.19. The van der Waals surface area contributed by atoms with Crippen LogP contribution in [0.5, 0.6) is 0 Å². The molecular formula is C10H17N5O3S. The third-order valence-corrected chi connectivity index (χ3v) is 3.75. The highest BCUT2D eigenvalue weighted by atomic mass is 32.2. The molecule has 19 heavy (non-hydrogen) atoms. The first-order valence-electron chi connectivity index (χ1n) is 6.05. The molecule has 0 spiro atoms. The number of piperidine rings is 1. The third-order valence-electron chi connectivity index (χ3n) is 3.06. The summed E-state index contributed by atoms with van der Waals surface area (Å²) in [7, 11) is -3.19. The second-order valence-electron chi connectivity index (χ2n) is 4.71. The van der Waals surface area contributed by atoms with Crippen LogP contribution in [0.1, 0.15) is 23.5 Å². The first-order valence-corrected chi connectivity index (χ1v) is 7.94. The van der Waals surface area contributed by atoms with Crippen LogP contribution in [0.2, 0.25) is 0 Å². The summed E-state index contributed by atoms with van der Waals surface area (Å²) in [5.41, 5.74) is 0. The lowest BCUT2D eigenvalue weighted by molar-refractivity contribution is 0.0664. The molecule has 1 aliphatic heterocycles. The Labute approximate surface area is 111 Å². The molecule has 1 atom stereocenters. The highest BCUT2D eigenvalue weighted by Gasteiger charge is 2.26. The lowest BCUT2D eigenvalue weighted by atomic mass is 9.98. The van der Waals surface area contributed by atoms with Gasteiger partial charge in [0.2, 0.25) is 15.8 Å². The summed E-state index contributed by atoms with van der Waals surface area (Å²) >= 11 is 0. The number of aromatic nitrogens is 3. The van der Waals surface area contributed by atoms with Gasteiger partial charge in [0, 0.05) is 19.6 Å². The molecule has 106 valence electrons. The van der Waals surface area contributed by atoms with Crippen LogP contribution in [0, 0.1) is 5.92 Å². The minimum atomic E-state index is -3.19. The van der Waals surface area contributed by atoms with Gasteiger partial charge in [0.15, 0.2) is 0 Å². The zero-order valence-corrected chi connectivity index (χ0v) is 11.5. The molecule has 1 saturated heterocycles. The van der Waals surface area contributed by atoms with Crippen molar-refractivity contribution >= 4 is 15.9 Å². The molecule has 2 heterocycles. The van der Waals surface area contributed by atoms with Crippen molar-refractivity contribution in [1.29, 1.82) is 0 Å². The van der Waals surface area contributed by atoms with Crippen molar-refractivity contribution in [3.63, 3.8) is 0 Å². The van der Waals surface area contributed by atoms with Crippen molar-refractivity contribution in [3.05, 3.63) is 12.2 Å². The Morgan fingerprint density at radius 3 is 3.05 bits per heavy atom. The van der Waals surface area contributed by atoms with E-state index < -0.39 is 10.0 Å². The van der Waals surface area contributed by atoms with E-state index in [0.29, 0.717) is 19.6 Å². The molecule has 8 nitrogen and oxygen atoms in total. The maximum absolute atomic E-state index is 12.1. The molecule has 1 aromatic heterocycles. The lowest BCUT2D eigenvalue weighted by Crippen LogP contribution is -2.43. The minimum Gasteiger partial charge on any atom is -0.336 e. The Balaban J connectivity index is 1.92. The molecule has 0 saturated carbocycles.